The molecule has 2 aromatic rings. The highest BCUT2D eigenvalue weighted by molar-refractivity contribution is 8.00. The Hall–Kier alpha value is -2.34. The number of aliphatic imine (C=N–C) groups is 1. The van der Waals surface area contributed by atoms with E-state index in [1.807, 2.05) is 13.0 Å². The number of nitrogens with one attached hydrogen (secondary N) is 1. The fourth-order valence-corrected chi connectivity index (χ4v) is 3.02. The maximum Gasteiger partial charge on any atom is 0.229 e. The standard InChI is InChI=1S/C17H16N2O3S/c1-11(16(21)19-17-18-7-9-23-17)12-4-2-5-13(10-12)15(20)14-6-3-8-22-14/h2-8,10-11,17H,9H2,1H3,(H,19,21)/t11?,17-/m1/s1. The second-order valence-corrected chi connectivity index (χ2v) is 6.29. The van der Waals surface area contributed by atoms with E-state index in [1.165, 1.54) is 6.26 Å². The molecule has 1 aromatic carbocycles. The largest absolute Gasteiger partial charge is 0.461 e. The van der Waals surface area contributed by atoms with Gasteiger partial charge in [0.2, 0.25) is 11.7 Å². The molecule has 1 N–H and O–H groups in total. The van der Waals surface area contributed by atoms with E-state index in [1.54, 1.807) is 48.3 Å². The second kappa shape index (κ2) is 6.83. The molecule has 23 heavy (non-hydrogen) atoms. The molecule has 1 unspecified atom stereocenters. The van der Waals surface area contributed by atoms with Gasteiger partial charge in [-0.3, -0.25) is 14.6 Å². The molecule has 1 aromatic heterocycles. The molecule has 1 aliphatic heterocycles. The summed E-state index contributed by atoms with van der Waals surface area (Å²) in [6, 6.07) is 10.4. The van der Waals surface area contributed by atoms with Crippen molar-refractivity contribution in [1.82, 2.24) is 5.32 Å². The number of ketones is 1. The Balaban J connectivity index is 1.74. The van der Waals surface area contributed by atoms with Gasteiger partial charge in [-0.2, -0.15) is 0 Å². The van der Waals surface area contributed by atoms with Crippen molar-refractivity contribution in [2.45, 2.75) is 18.3 Å². The SMILES string of the molecule is CC(C(=O)N[C@H]1N=CCS1)c1cccc(C(=O)c2ccco2)c1. The molecule has 3 rings (SSSR count). The Morgan fingerprint density at radius 1 is 1.35 bits per heavy atom. The van der Waals surface area contributed by atoms with Gasteiger partial charge in [0.1, 0.15) is 0 Å². The smallest absolute Gasteiger partial charge is 0.229 e. The third kappa shape index (κ3) is 3.53. The lowest BCUT2D eigenvalue weighted by Crippen LogP contribution is -2.33. The van der Waals surface area contributed by atoms with Crippen molar-refractivity contribution in [3.05, 3.63) is 59.5 Å². The molecule has 118 valence electrons. The molecular formula is C17H16N2O3S. The fourth-order valence-electron chi connectivity index (χ4n) is 2.29. The lowest BCUT2D eigenvalue weighted by atomic mass is 9.96. The van der Waals surface area contributed by atoms with Crippen LogP contribution < -0.4 is 5.32 Å². The molecule has 1 aliphatic rings. The number of benzene rings is 1. The maximum atomic E-state index is 12.3. The van der Waals surface area contributed by atoms with Crippen LogP contribution in [0.2, 0.25) is 0 Å². The highest BCUT2D eigenvalue weighted by atomic mass is 32.2. The summed E-state index contributed by atoms with van der Waals surface area (Å²) in [6.45, 7) is 1.81. The zero-order chi connectivity index (χ0) is 16.2. The summed E-state index contributed by atoms with van der Waals surface area (Å²) in [4.78, 5) is 28.8. The number of rotatable bonds is 5. The number of thioether (sulfide) groups is 1. The van der Waals surface area contributed by atoms with E-state index in [9.17, 15) is 9.59 Å². The Morgan fingerprint density at radius 2 is 2.22 bits per heavy atom. The molecule has 0 saturated carbocycles. The minimum absolute atomic E-state index is 0.107. The number of amides is 1. The van der Waals surface area contributed by atoms with Crippen LogP contribution in [0.5, 0.6) is 0 Å². The van der Waals surface area contributed by atoms with Gasteiger partial charge in [-0.25, -0.2) is 0 Å². The maximum absolute atomic E-state index is 12.3. The number of furan rings is 1. The predicted molar refractivity (Wildman–Crippen MR) is 89.9 cm³/mol. The first-order valence-electron chi connectivity index (χ1n) is 7.27. The Morgan fingerprint density at radius 3 is 2.91 bits per heavy atom. The summed E-state index contributed by atoms with van der Waals surface area (Å²) in [6.07, 6.45) is 3.26. The number of carbonyl (C=O) groups excluding carboxylic acids is 2. The zero-order valence-corrected chi connectivity index (χ0v) is 13.4. The van der Waals surface area contributed by atoms with E-state index in [0.29, 0.717) is 5.56 Å². The van der Waals surface area contributed by atoms with Gasteiger partial charge >= 0.3 is 0 Å². The highest BCUT2D eigenvalue weighted by Crippen LogP contribution is 2.21. The molecule has 0 spiro atoms. The van der Waals surface area contributed by atoms with Gasteiger partial charge in [0.05, 0.1) is 12.2 Å². The predicted octanol–water partition coefficient (Wildman–Crippen LogP) is 2.83. The minimum atomic E-state index is -0.365. The molecule has 0 aliphatic carbocycles. The van der Waals surface area contributed by atoms with Gasteiger partial charge in [-0.15, -0.1) is 11.8 Å². The zero-order valence-electron chi connectivity index (χ0n) is 12.6. The lowest BCUT2D eigenvalue weighted by Gasteiger charge is -2.15. The number of carbonyl (C=O) groups is 2. The molecule has 0 saturated heterocycles. The molecule has 2 atom stereocenters. The number of hydrogen-bond acceptors (Lipinski definition) is 5. The first-order valence-corrected chi connectivity index (χ1v) is 8.32. The average Bonchev–Trinajstić information content (AvgIpc) is 3.27. The van der Waals surface area contributed by atoms with E-state index in [4.69, 9.17) is 4.42 Å². The van der Waals surface area contributed by atoms with Gasteiger partial charge in [0, 0.05) is 17.5 Å². The van der Waals surface area contributed by atoms with Crippen LogP contribution in [0.1, 0.15) is 34.5 Å². The van der Waals surface area contributed by atoms with E-state index in [0.717, 1.165) is 11.3 Å². The molecular weight excluding hydrogens is 312 g/mol. The molecule has 6 heteroatoms. The van der Waals surface area contributed by atoms with Crippen molar-refractivity contribution in [3.63, 3.8) is 0 Å². The van der Waals surface area contributed by atoms with Crippen molar-refractivity contribution in [2.75, 3.05) is 5.75 Å². The van der Waals surface area contributed by atoms with Gasteiger partial charge < -0.3 is 9.73 Å². The summed E-state index contributed by atoms with van der Waals surface area (Å²) in [5.41, 5.74) is 1.08. The lowest BCUT2D eigenvalue weighted by molar-refractivity contribution is -0.122. The van der Waals surface area contributed by atoms with Gasteiger partial charge in [0.15, 0.2) is 11.3 Å². The van der Waals surface area contributed by atoms with Crippen molar-refractivity contribution in [3.8, 4) is 0 Å². The fraction of sp³-hybridized carbons (Fsp3) is 0.235. The monoisotopic (exact) mass is 328 g/mol. The summed E-state index contributed by atoms with van der Waals surface area (Å²) in [5.74, 6) is 0.433. The summed E-state index contributed by atoms with van der Waals surface area (Å²) in [5, 5.41) is 2.88. The van der Waals surface area contributed by atoms with Gasteiger partial charge in [-0.05, 0) is 30.7 Å². The van der Waals surface area contributed by atoms with Crippen molar-refractivity contribution < 1.29 is 14.0 Å². The van der Waals surface area contributed by atoms with Crippen LogP contribution in [-0.4, -0.2) is 29.2 Å². The first-order chi connectivity index (χ1) is 11.1. The van der Waals surface area contributed by atoms with E-state index < -0.39 is 0 Å². The van der Waals surface area contributed by atoms with E-state index in [2.05, 4.69) is 10.3 Å². The normalized spacial score (nSPS) is 17.9. The first kappa shape index (κ1) is 15.6. The van der Waals surface area contributed by atoms with Crippen LogP contribution in [0, 0.1) is 0 Å². The Bertz CT molecular complexity index is 740. The highest BCUT2D eigenvalue weighted by Gasteiger charge is 2.21. The molecule has 0 fully saturated rings. The summed E-state index contributed by atoms with van der Waals surface area (Å²) >= 11 is 1.57. The third-order valence-electron chi connectivity index (χ3n) is 3.62. The molecule has 0 bridgehead atoms. The molecule has 5 nitrogen and oxygen atoms in total. The van der Waals surface area contributed by atoms with Crippen LogP contribution in [0.3, 0.4) is 0 Å². The van der Waals surface area contributed by atoms with Crippen LogP contribution in [-0.2, 0) is 4.79 Å². The Kier molecular flexibility index (Phi) is 4.62. The van der Waals surface area contributed by atoms with Crippen LogP contribution in [0.4, 0.5) is 0 Å². The third-order valence-corrected chi connectivity index (χ3v) is 4.52. The Labute approximate surface area is 138 Å². The number of hydrogen-bond donors (Lipinski definition) is 1. The van der Waals surface area contributed by atoms with Crippen LogP contribution in [0.25, 0.3) is 0 Å². The molecule has 2 heterocycles. The topological polar surface area (TPSA) is 71.7 Å². The second-order valence-electron chi connectivity index (χ2n) is 5.18. The summed E-state index contributed by atoms with van der Waals surface area (Å²) in [7, 11) is 0. The van der Waals surface area contributed by atoms with Crippen molar-refractivity contribution >= 4 is 29.7 Å². The van der Waals surface area contributed by atoms with Gasteiger partial charge in [-0.1, -0.05) is 18.2 Å². The van der Waals surface area contributed by atoms with Crippen LogP contribution >= 0.6 is 11.8 Å². The summed E-state index contributed by atoms with van der Waals surface area (Å²) < 4.78 is 5.14. The van der Waals surface area contributed by atoms with Crippen molar-refractivity contribution in [1.29, 1.82) is 0 Å². The molecule has 0 radical (unpaired) electrons. The number of nitrogens with zero attached hydrogens (tertiary/aromatic N) is 1. The van der Waals surface area contributed by atoms with Crippen LogP contribution in [0.15, 0.2) is 52.1 Å². The quantitative estimate of drug-likeness (QED) is 0.857. The van der Waals surface area contributed by atoms with E-state index >= 15 is 0 Å². The van der Waals surface area contributed by atoms with E-state index in [-0.39, 0.29) is 28.9 Å². The average molecular weight is 328 g/mol. The van der Waals surface area contributed by atoms with Crippen molar-refractivity contribution in [2.24, 2.45) is 4.99 Å². The van der Waals surface area contributed by atoms with Gasteiger partial charge in [0.25, 0.3) is 0 Å². The molecule has 1 amide bonds. The minimum Gasteiger partial charge on any atom is -0.461 e.